The third kappa shape index (κ3) is 4.49. The minimum Gasteiger partial charge on any atom is -0.333 e. The van der Waals surface area contributed by atoms with Crippen LogP contribution in [-0.4, -0.2) is 10.6 Å². The number of para-hydroxylation sites is 3. The Morgan fingerprint density at radius 3 is 1.76 bits per heavy atom. The number of hydrogen-bond acceptors (Lipinski definition) is 1. The van der Waals surface area contributed by atoms with Crippen molar-refractivity contribution in [3.05, 3.63) is 240 Å². The van der Waals surface area contributed by atoms with Crippen molar-refractivity contribution in [1.82, 2.24) is 4.57 Å². The number of benzene rings is 8. The Balaban J connectivity index is 1.17. The maximum absolute atomic E-state index is 2.68. The average Bonchev–Trinajstić information content (AvgIpc) is 3.90. The fraction of sp³-hybridized carbons (Fsp3) is 0.0714. The third-order valence-corrected chi connectivity index (χ3v) is 13.1. The lowest BCUT2D eigenvalue weighted by atomic mass is 9.68. The van der Waals surface area contributed by atoms with Gasteiger partial charge in [0.2, 0.25) is 0 Å². The van der Waals surface area contributed by atoms with Crippen molar-refractivity contribution in [3.63, 3.8) is 0 Å². The molecule has 1 heterocycles. The summed E-state index contributed by atoms with van der Waals surface area (Å²) in [6.07, 6.45) is 4.96. The van der Waals surface area contributed by atoms with E-state index in [1.54, 1.807) is 0 Å². The summed E-state index contributed by atoms with van der Waals surface area (Å²) in [7, 11) is 0. The summed E-state index contributed by atoms with van der Waals surface area (Å²) in [4.78, 5) is 2.68. The number of aromatic nitrogens is 1. The van der Waals surface area contributed by atoms with Crippen LogP contribution in [0.2, 0.25) is 0 Å². The molecule has 0 saturated heterocycles. The highest BCUT2D eigenvalue weighted by atomic mass is 15.2. The van der Waals surface area contributed by atoms with Gasteiger partial charge in [-0.2, -0.15) is 0 Å². The fourth-order valence-electron chi connectivity index (χ4n) is 10.8. The molecule has 8 aromatic carbocycles. The monoisotopic (exact) mass is 740 g/mol. The summed E-state index contributed by atoms with van der Waals surface area (Å²) in [6, 6.07) is 74.2. The largest absolute Gasteiger partial charge is 0.333 e. The molecular formula is C56H40N2. The van der Waals surface area contributed by atoms with Crippen LogP contribution >= 0.6 is 0 Å². The second-order valence-corrected chi connectivity index (χ2v) is 16.0. The van der Waals surface area contributed by atoms with E-state index in [1.807, 2.05) is 0 Å². The molecule has 2 atom stereocenters. The normalized spacial score (nSPS) is 17.1. The molecule has 2 nitrogen and oxygen atoms in total. The molecule has 3 aliphatic carbocycles. The highest BCUT2D eigenvalue weighted by Gasteiger charge is 2.54. The lowest BCUT2D eigenvalue weighted by molar-refractivity contribution is 0.616. The lowest BCUT2D eigenvalue weighted by Gasteiger charge is -2.42. The second-order valence-electron chi connectivity index (χ2n) is 16.0. The second kappa shape index (κ2) is 12.7. The topological polar surface area (TPSA) is 8.17 Å². The van der Waals surface area contributed by atoms with Crippen LogP contribution in [0.15, 0.2) is 218 Å². The predicted molar refractivity (Wildman–Crippen MR) is 242 cm³/mol. The minimum atomic E-state index is -0.411. The summed E-state index contributed by atoms with van der Waals surface area (Å²) in [5, 5.41) is 2.50. The van der Waals surface area contributed by atoms with Crippen LogP contribution in [0.5, 0.6) is 0 Å². The van der Waals surface area contributed by atoms with Crippen LogP contribution < -0.4 is 4.90 Å². The number of nitrogens with zero attached hydrogens (tertiary/aromatic N) is 2. The van der Waals surface area contributed by atoms with Gasteiger partial charge < -0.3 is 9.47 Å². The van der Waals surface area contributed by atoms with E-state index in [2.05, 4.69) is 229 Å². The Kier molecular flexibility index (Phi) is 7.22. The molecule has 1 spiro atoms. The van der Waals surface area contributed by atoms with Crippen molar-refractivity contribution in [2.75, 3.05) is 4.90 Å². The molecule has 0 radical (unpaired) electrons. The summed E-state index contributed by atoms with van der Waals surface area (Å²) in [5.74, 6) is 0.194. The minimum absolute atomic E-state index is 0.00904. The zero-order chi connectivity index (χ0) is 38.4. The predicted octanol–water partition coefficient (Wildman–Crippen LogP) is 13.9. The van der Waals surface area contributed by atoms with Gasteiger partial charge in [-0.15, -0.1) is 0 Å². The van der Waals surface area contributed by atoms with Gasteiger partial charge in [0, 0.05) is 33.4 Å². The first-order valence-corrected chi connectivity index (χ1v) is 20.5. The van der Waals surface area contributed by atoms with Crippen molar-refractivity contribution in [2.45, 2.75) is 18.4 Å². The Labute approximate surface area is 339 Å². The van der Waals surface area contributed by atoms with Gasteiger partial charge in [-0.3, -0.25) is 0 Å². The molecule has 0 amide bonds. The standard InChI is InChI=1S/C56H40N2/c1-37-32-34-50-54(45-26-10-15-29-49(45)56(50)47-27-13-8-23-42(47)43-24-9-14-28-48(43)56)55(37)58(51-30-16-11-22-41(51)38-18-4-2-5-19-38)40-33-35-53-46(36-40)44-25-12-17-31-52(44)57(53)39-20-6-3-7-21-39/h2-37,55H,1H3. The van der Waals surface area contributed by atoms with Gasteiger partial charge in [0.25, 0.3) is 0 Å². The maximum Gasteiger partial charge on any atom is 0.0722 e. The molecule has 3 aliphatic rings. The quantitative estimate of drug-likeness (QED) is 0.171. The van der Waals surface area contributed by atoms with Crippen LogP contribution in [0, 0.1) is 5.92 Å². The number of anilines is 2. The van der Waals surface area contributed by atoms with Crippen LogP contribution in [0.25, 0.3) is 55.3 Å². The van der Waals surface area contributed by atoms with Crippen LogP contribution in [-0.2, 0) is 5.41 Å². The van der Waals surface area contributed by atoms with E-state index in [9.17, 15) is 0 Å². The smallest absolute Gasteiger partial charge is 0.0722 e. The summed E-state index contributed by atoms with van der Waals surface area (Å²) in [5.41, 5.74) is 18.9. The van der Waals surface area contributed by atoms with Crippen LogP contribution in [0.3, 0.4) is 0 Å². The van der Waals surface area contributed by atoms with Crippen molar-refractivity contribution in [1.29, 1.82) is 0 Å². The van der Waals surface area contributed by atoms with Crippen molar-refractivity contribution in [2.24, 2.45) is 5.92 Å². The Morgan fingerprint density at radius 1 is 0.483 bits per heavy atom. The van der Waals surface area contributed by atoms with E-state index in [-0.39, 0.29) is 12.0 Å². The first-order valence-electron chi connectivity index (χ1n) is 20.5. The fourth-order valence-corrected chi connectivity index (χ4v) is 10.8. The van der Waals surface area contributed by atoms with E-state index in [1.165, 1.54) is 94.5 Å². The van der Waals surface area contributed by atoms with Gasteiger partial charge in [0.1, 0.15) is 0 Å². The Hall–Kier alpha value is -7.16. The molecule has 0 fully saturated rings. The molecule has 58 heavy (non-hydrogen) atoms. The molecule has 1 aromatic heterocycles. The molecule has 0 aliphatic heterocycles. The number of allylic oxidation sites excluding steroid dienone is 2. The number of rotatable bonds is 5. The van der Waals surface area contributed by atoms with E-state index in [0.717, 1.165) is 0 Å². The van der Waals surface area contributed by atoms with Gasteiger partial charge in [-0.05, 0) is 98.5 Å². The first-order chi connectivity index (χ1) is 28.7. The van der Waals surface area contributed by atoms with Crippen molar-refractivity contribution >= 4 is 38.8 Å². The number of hydrogen-bond donors (Lipinski definition) is 0. The third-order valence-electron chi connectivity index (χ3n) is 13.1. The highest BCUT2D eigenvalue weighted by Crippen LogP contribution is 2.64. The first kappa shape index (κ1) is 33.0. The van der Waals surface area contributed by atoms with Gasteiger partial charge in [0.15, 0.2) is 0 Å². The highest BCUT2D eigenvalue weighted by molar-refractivity contribution is 6.11. The SMILES string of the molecule is CC1C=CC2=C(c3ccccc3C23c2ccccc2-c2ccccc23)C1N(c1ccc2c(c1)c1ccccc1n2-c1ccccc1)c1ccccc1-c1ccccc1. The lowest BCUT2D eigenvalue weighted by Crippen LogP contribution is -2.39. The molecule has 12 rings (SSSR count). The zero-order valence-electron chi connectivity index (χ0n) is 32.3. The van der Waals surface area contributed by atoms with Crippen LogP contribution in [0.1, 0.15) is 29.2 Å². The van der Waals surface area contributed by atoms with E-state index in [4.69, 9.17) is 0 Å². The molecule has 2 unspecified atom stereocenters. The zero-order valence-corrected chi connectivity index (χ0v) is 32.3. The maximum atomic E-state index is 2.68. The molecule has 9 aromatic rings. The van der Waals surface area contributed by atoms with Gasteiger partial charge in [-0.25, -0.2) is 0 Å². The Bertz CT molecular complexity index is 3100. The average molecular weight is 741 g/mol. The molecule has 274 valence electrons. The van der Waals surface area contributed by atoms with E-state index < -0.39 is 5.41 Å². The number of fused-ring (bicyclic) bond motifs is 12. The molecule has 2 heteroatoms. The molecular weight excluding hydrogens is 701 g/mol. The molecule has 0 bridgehead atoms. The van der Waals surface area contributed by atoms with Crippen molar-refractivity contribution < 1.29 is 0 Å². The van der Waals surface area contributed by atoms with Gasteiger partial charge >= 0.3 is 0 Å². The summed E-state index contributed by atoms with van der Waals surface area (Å²) in [6.45, 7) is 2.41. The summed E-state index contributed by atoms with van der Waals surface area (Å²) >= 11 is 0. The van der Waals surface area contributed by atoms with E-state index in [0.29, 0.717) is 0 Å². The van der Waals surface area contributed by atoms with Crippen molar-refractivity contribution in [3.8, 4) is 27.9 Å². The van der Waals surface area contributed by atoms with Gasteiger partial charge in [-0.1, -0.05) is 177 Å². The molecule has 0 N–H and O–H groups in total. The van der Waals surface area contributed by atoms with Gasteiger partial charge in [0.05, 0.1) is 22.5 Å². The van der Waals surface area contributed by atoms with E-state index >= 15 is 0 Å². The summed E-state index contributed by atoms with van der Waals surface area (Å²) < 4.78 is 2.41. The molecule has 0 saturated carbocycles. The Morgan fingerprint density at radius 2 is 1.03 bits per heavy atom. The van der Waals surface area contributed by atoms with Crippen LogP contribution in [0.4, 0.5) is 11.4 Å².